The van der Waals surface area contributed by atoms with Gasteiger partial charge >= 0.3 is 12.4 Å². The van der Waals surface area contributed by atoms with Crippen molar-refractivity contribution in [3.05, 3.63) is 169 Å². The molecule has 0 unspecified atom stereocenters. The molecule has 2 amide bonds. The predicted molar refractivity (Wildman–Crippen MR) is 349 cm³/mol. The fourth-order valence-corrected chi connectivity index (χ4v) is 12.8. The van der Waals surface area contributed by atoms with Crippen molar-refractivity contribution in [3.63, 3.8) is 0 Å². The zero-order valence-electron chi connectivity index (χ0n) is 54.2. The van der Waals surface area contributed by atoms with Gasteiger partial charge in [0.25, 0.3) is 0 Å². The summed E-state index contributed by atoms with van der Waals surface area (Å²) in [6.07, 6.45) is -1.54. The van der Waals surface area contributed by atoms with Gasteiger partial charge in [-0.05, 0) is 73.5 Å². The number of carbonyl (C=O) groups excluding carboxylic acids is 2. The number of hydrogen-bond donors (Lipinski definition) is 2. The number of nitrogens with zero attached hydrogens (tertiary/aromatic N) is 16. The number of aromatic nitrogens is 14. The second-order valence-electron chi connectivity index (χ2n) is 23.9. The average molecular weight is 1350 g/mol. The molecule has 2 N–H and O–H groups in total. The maximum atomic E-state index is 14.3. The van der Waals surface area contributed by atoms with E-state index in [1.165, 1.54) is 50.6 Å². The van der Waals surface area contributed by atoms with Crippen LogP contribution < -0.4 is 18.9 Å². The molecule has 10 heterocycles. The molecule has 0 radical (unpaired) electrons. The van der Waals surface area contributed by atoms with Crippen molar-refractivity contribution in [3.8, 4) is 45.8 Å². The van der Waals surface area contributed by atoms with Crippen LogP contribution in [0.2, 0.25) is 0 Å². The van der Waals surface area contributed by atoms with Gasteiger partial charge in [0, 0.05) is 102 Å². The van der Waals surface area contributed by atoms with Crippen molar-refractivity contribution >= 4 is 55.7 Å². The first kappa shape index (κ1) is 65.8. The number of alkyl halides is 6. The average Bonchev–Trinajstić information content (AvgIpc) is 1.60. The van der Waals surface area contributed by atoms with E-state index in [0.717, 1.165) is 42.3 Å². The number of aromatic amines is 2. The normalized spacial score (nSPS) is 16.0. The van der Waals surface area contributed by atoms with Crippen molar-refractivity contribution < 1.29 is 54.9 Å². The third-order valence-corrected chi connectivity index (χ3v) is 17.6. The van der Waals surface area contributed by atoms with Gasteiger partial charge in [-0.2, -0.15) is 36.5 Å². The Kier molecular flexibility index (Phi) is 18.3. The van der Waals surface area contributed by atoms with Gasteiger partial charge in [0.1, 0.15) is 36.2 Å². The highest BCUT2D eigenvalue weighted by Crippen LogP contribution is 2.39. The number of hydrogen-bond acceptors (Lipinski definition) is 16. The van der Waals surface area contributed by atoms with Gasteiger partial charge in [-0.15, -0.1) is 0 Å². The first-order valence-corrected chi connectivity index (χ1v) is 31.4. The van der Waals surface area contributed by atoms with Gasteiger partial charge in [0.05, 0.1) is 120 Å². The Hall–Kier alpha value is -10.9. The lowest BCUT2D eigenvalue weighted by Crippen LogP contribution is -2.40. The molecule has 12 aromatic rings. The summed E-state index contributed by atoms with van der Waals surface area (Å²) in [6, 6.07) is 30.9. The number of methoxy groups -OCH3 is 4. The Labute approximate surface area is 556 Å². The number of aryl methyl sites for hydroxylation is 2. The number of carbonyl (C=O) groups is 2. The number of amides is 2. The molecule has 2 aliphatic rings. The molecule has 508 valence electrons. The largest absolute Gasteiger partial charge is 0.497 e. The fourth-order valence-electron chi connectivity index (χ4n) is 12.8. The highest BCUT2D eigenvalue weighted by molar-refractivity contribution is 5.88. The van der Waals surface area contributed by atoms with Gasteiger partial charge < -0.3 is 47.8 Å². The van der Waals surface area contributed by atoms with Crippen molar-refractivity contribution in [2.75, 3.05) is 67.7 Å². The molecule has 0 saturated carbocycles. The summed E-state index contributed by atoms with van der Waals surface area (Å²) in [6.45, 7) is 2.64. The number of H-pyrrole nitrogens is 2. The van der Waals surface area contributed by atoms with E-state index >= 15 is 0 Å². The van der Waals surface area contributed by atoms with Gasteiger partial charge in [0.2, 0.25) is 35.2 Å². The Bertz CT molecular complexity index is 4580. The summed E-state index contributed by atoms with van der Waals surface area (Å²) >= 11 is 0. The van der Waals surface area contributed by atoms with E-state index in [0.29, 0.717) is 110 Å². The van der Waals surface area contributed by atoms with Crippen LogP contribution in [0.1, 0.15) is 59.6 Å². The van der Waals surface area contributed by atoms with Gasteiger partial charge in [0.15, 0.2) is 0 Å². The molecular formula is C68H68F6N18O6. The van der Waals surface area contributed by atoms with Crippen LogP contribution >= 0.6 is 0 Å². The number of fused-ring (bicyclic) bond motifs is 4. The first-order chi connectivity index (χ1) is 47.2. The Morgan fingerprint density at radius 3 is 1.30 bits per heavy atom. The molecular weight excluding hydrogens is 1280 g/mol. The van der Waals surface area contributed by atoms with Crippen LogP contribution in [-0.4, -0.2) is 168 Å². The number of rotatable bonds is 16. The van der Waals surface area contributed by atoms with Gasteiger partial charge in [-0.3, -0.25) is 28.8 Å². The summed E-state index contributed by atoms with van der Waals surface area (Å²) < 4.78 is 113. The second-order valence-corrected chi connectivity index (χ2v) is 23.9. The van der Waals surface area contributed by atoms with Crippen LogP contribution in [0.25, 0.3) is 66.4 Å². The Morgan fingerprint density at radius 2 is 0.918 bits per heavy atom. The van der Waals surface area contributed by atoms with Crippen LogP contribution in [0.4, 0.5) is 26.3 Å². The van der Waals surface area contributed by atoms with E-state index in [1.807, 2.05) is 99.3 Å². The fraction of sp³-hybridized carbons (Fsp3) is 0.324. The number of para-hydroxylation sites is 2. The number of imidazole rings is 4. The zero-order chi connectivity index (χ0) is 68.6. The van der Waals surface area contributed by atoms with Crippen LogP contribution in [-0.2, 0) is 62.2 Å². The lowest BCUT2D eigenvalue weighted by Gasteiger charge is -2.29. The molecule has 0 aliphatic carbocycles. The van der Waals surface area contributed by atoms with Crippen LogP contribution in [0.3, 0.4) is 0 Å². The molecule has 4 aromatic carbocycles. The smallest absolute Gasteiger partial charge is 0.449 e. The molecule has 2 aliphatic heterocycles. The number of ether oxygens (including phenoxy) is 4. The van der Waals surface area contributed by atoms with Crippen molar-refractivity contribution in [1.29, 1.82) is 0 Å². The molecule has 2 saturated heterocycles. The highest BCUT2D eigenvalue weighted by Gasteiger charge is 2.42. The van der Waals surface area contributed by atoms with E-state index < -0.39 is 61.0 Å². The van der Waals surface area contributed by atoms with E-state index in [4.69, 9.17) is 28.9 Å². The maximum Gasteiger partial charge on any atom is 0.449 e. The van der Waals surface area contributed by atoms with Crippen molar-refractivity contribution in [1.82, 2.24) is 88.2 Å². The quantitative estimate of drug-likeness (QED) is 0.0855. The van der Waals surface area contributed by atoms with Crippen LogP contribution in [0, 0.1) is 0 Å². The third kappa shape index (κ3) is 13.8. The minimum atomic E-state index is -4.78. The molecule has 2 fully saturated rings. The molecule has 8 aromatic heterocycles. The van der Waals surface area contributed by atoms with E-state index in [9.17, 15) is 35.9 Å². The van der Waals surface area contributed by atoms with Crippen LogP contribution in [0.5, 0.6) is 23.3 Å². The standard InChI is InChI=1S/2C34H34F3N9O3/c2*1-43-12-10-22(42-43)19-44-13-11-28(31-38-18-27(39-31)24-16-21-6-4-5-7-25(21)40-32(24)49-3)45(15-14-44)30(47)20-46-29-17-23(48-2)8-9-26(29)41-33(46)34(35,36)37/h2*4-10,12,16-18,28H,11,13-15,19-20H2,1-3H3,(H,38,39)/t2*28-/m10/s1. The predicted octanol–water partition coefficient (Wildman–Crippen LogP) is 10.4. The minimum absolute atomic E-state index is 0.114. The van der Waals surface area contributed by atoms with E-state index in [-0.39, 0.29) is 35.2 Å². The number of pyridine rings is 2. The summed E-state index contributed by atoms with van der Waals surface area (Å²) in [5.41, 5.74) is 6.50. The van der Waals surface area contributed by atoms with Crippen molar-refractivity contribution in [2.45, 2.75) is 63.5 Å². The highest BCUT2D eigenvalue weighted by atomic mass is 19.4. The molecule has 2 atom stereocenters. The van der Waals surface area contributed by atoms with E-state index in [1.54, 1.807) is 45.8 Å². The van der Waals surface area contributed by atoms with Gasteiger partial charge in [-0.25, -0.2) is 29.9 Å². The first-order valence-electron chi connectivity index (χ1n) is 31.4. The lowest BCUT2D eigenvalue weighted by atomic mass is 10.1. The second kappa shape index (κ2) is 27.3. The lowest BCUT2D eigenvalue weighted by molar-refractivity contribution is -0.149. The molecule has 30 heteroatoms. The molecule has 14 rings (SSSR count). The van der Waals surface area contributed by atoms with E-state index in [2.05, 4.69) is 49.9 Å². The van der Waals surface area contributed by atoms with Crippen LogP contribution in [0.15, 0.2) is 134 Å². The third-order valence-electron chi connectivity index (χ3n) is 17.6. The SMILES string of the molecule is COc1ccc2nc(C(F)(F)F)n(CC(=O)N3CCN(Cc4ccn(C)n4)CC[C@@H]3c3ncc(-c4cc5ccccc5nc4OC)[nH]3)c2c1.COc1ccc2nc(C(F)(F)F)n(CC(=O)N3CCN(Cc4ccn(C)n4)CC[C@H]3c3ncc(-c4cc5ccccc5nc4OC)[nH]3)c2c1. The molecule has 0 bridgehead atoms. The monoisotopic (exact) mass is 1350 g/mol. The maximum absolute atomic E-state index is 14.3. The summed E-state index contributed by atoms with van der Waals surface area (Å²) in [4.78, 5) is 69.2. The minimum Gasteiger partial charge on any atom is -0.497 e. The molecule has 98 heavy (non-hydrogen) atoms. The van der Waals surface area contributed by atoms with Gasteiger partial charge in [-0.1, -0.05) is 36.4 Å². The number of nitrogens with one attached hydrogen (secondary N) is 2. The Balaban J connectivity index is 0.000000176. The summed E-state index contributed by atoms with van der Waals surface area (Å²) in [5.74, 6) is -0.758. The summed E-state index contributed by atoms with van der Waals surface area (Å²) in [7, 11) is 9.65. The summed E-state index contributed by atoms with van der Waals surface area (Å²) in [5, 5.41) is 10.8. The molecule has 24 nitrogen and oxygen atoms in total. The molecule has 0 spiro atoms. The Morgan fingerprint density at radius 1 is 0.500 bits per heavy atom. The number of benzene rings is 4. The van der Waals surface area contributed by atoms with Crippen molar-refractivity contribution in [2.24, 2.45) is 14.1 Å². The topological polar surface area (TPSA) is 238 Å². The number of halogens is 6. The zero-order valence-corrected chi connectivity index (χ0v) is 54.2.